The van der Waals surface area contributed by atoms with Crippen LogP contribution in [0.25, 0.3) is 0 Å². The first kappa shape index (κ1) is 46.7. The van der Waals surface area contributed by atoms with Crippen molar-refractivity contribution < 1.29 is 29.2 Å². The van der Waals surface area contributed by atoms with Gasteiger partial charge in [0.15, 0.2) is 0 Å². The molecule has 0 radical (unpaired) electrons. The molecule has 0 aliphatic carbocycles. The van der Waals surface area contributed by atoms with Crippen molar-refractivity contribution in [1.29, 1.82) is 0 Å². The van der Waals surface area contributed by atoms with Gasteiger partial charge in [-0.1, -0.05) is 156 Å². The Morgan fingerprint density at radius 3 is 1.02 bits per heavy atom. The Balaban J connectivity index is 2.91. The van der Waals surface area contributed by atoms with E-state index in [1.54, 1.807) is 0 Å². The lowest BCUT2D eigenvalue weighted by atomic mass is 9.98. The highest BCUT2D eigenvalue weighted by Crippen LogP contribution is 2.32. The number of aryl methyl sites for hydroxylation is 2. The maximum Gasteiger partial charge on any atom is 0.123 e. The van der Waals surface area contributed by atoms with Crippen molar-refractivity contribution in [2.45, 2.75) is 207 Å². The van der Waals surface area contributed by atoms with E-state index in [0.29, 0.717) is 26.4 Å². The van der Waals surface area contributed by atoms with Gasteiger partial charge in [0, 0.05) is 13.2 Å². The van der Waals surface area contributed by atoms with Crippen LogP contribution < -0.4 is 9.47 Å². The van der Waals surface area contributed by atoms with E-state index < -0.39 is 12.2 Å². The number of unbranched alkanes of at least 4 members (excludes halogenated alkanes) is 20. The van der Waals surface area contributed by atoms with Crippen LogP contribution >= 0.6 is 0 Å². The summed E-state index contributed by atoms with van der Waals surface area (Å²) in [4.78, 5) is 0. The molecule has 2 unspecified atom stereocenters. The number of aliphatic hydroxyl groups is 2. The quantitative estimate of drug-likeness (QED) is 0.0667. The minimum Gasteiger partial charge on any atom is -0.491 e. The zero-order valence-corrected chi connectivity index (χ0v) is 33.5. The van der Waals surface area contributed by atoms with Gasteiger partial charge >= 0.3 is 0 Å². The molecule has 6 heteroatoms. The first-order valence-corrected chi connectivity index (χ1v) is 21.5. The van der Waals surface area contributed by atoms with Gasteiger partial charge in [0.1, 0.15) is 36.9 Å². The summed E-state index contributed by atoms with van der Waals surface area (Å²) in [5.41, 5.74) is 2.25. The summed E-state index contributed by atoms with van der Waals surface area (Å²) in [6.45, 7) is 11.2. The summed E-state index contributed by atoms with van der Waals surface area (Å²) in [7, 11) is 0. The Hall–Kier alpha value is -1.34. The SMILES string of the molecule is CCCCCCCCCCCCc1cc(OCC(O)COCCCC)c(CCCCCCCCCCCC)cc1OCC(O)COCCCC. The second-order valence-corrected chi connectivity index (χ2v) is 14.7. The number of aliphatic hydroxyl groups excluding tert-OH is 2. The van der Waals surface area contributed by atoms with E-state index in [0.717, 1.165) is 74.0 Å². The highest BCUT2D eigenvalue weighted by Gasteiger charge is 2.16. The van der Waals surface area contributed by atoms with Crippen LogP contribution in [0.2, 0.25) is 0 Å². The molecule has 0 aliphatic rings. The molecule has 6 nitrogen and oxygen atoms in total. The Morgan fingerprint density at radius 1 is 0.400 bits per heavy atom. The molecule has 0 heterocycles. The van der Waals surface area contributed by atoms with E-state index in [-0.39, 0.29) is 13.2 Å². The summed E-state index contributed by atoms with van der Waals surface area (Å²) in [5, 5.41) is 21.3. The number of rotatable bonds is 38. The van der Waals surface area contributed by atoms with Gasteiger partial charge in [0.25, 0.3) is 0 Å². The van der Waals surface area contributed by atoms with Gasteiger partial charge in [-0.3, -0.25) is 0 Å². The van der Waals surface area contributed by atoms with Crippen molar-refractivity contribution >= 4 is 0 Å². The van der Waals surface area contributed by atoms with Crippen molar-refractivity contribution in [3.05, 3.63) is 23.3 Å². The summed E-state index contributed by atoms with van der Waals surface area (Å²) >= 11 is 0. The third-order valence-corrected chi connectivity index (χ3v) is 9.61. The summed E-state index contributed by atoms with van der Waals surface area (Å²) in [6.07, 6.45) is 30.6. The van der Waals surface area contributed by atoms with Crippen LogP contribution in [0.1, 0.15) is 193 Å². The molecule has 2 atom stereocenters. The van der Waals surface area contributed by atoms with E-state index in [2.05, 4.69) is 39.8 Å². The number of benzene rings is 1. The molecule has 1 aromatic rings. The van der Waals surface area contributed by atoms with Gasteiger partial charge in [-0.15, -0.1) is 0 Å². The Morgan fingerprint density at radius 2 is 0.700 bits per heavy atom. The van der Waals surface area contributed by atoms with Gasteiger partial charge in [-0.05, 0) is 61.8 Å². The topological polar surface area (TPSA) is 77.4 Å². The van der Waals surface area contributed by atoms with Gasteiger partial charge in [0.05, 0.1) is 13.2 Å². The Kier molecular flexibility index (Phi) is 32.4. The van der Waals surface area contributed by atoms with Crippen molar-refractivity contribution in [3.8, 4) is 11.5 Å². The molecule has 0 spiro atoms. The van der Waals surface area contributed by atoms with Crippen LogP contribution in [0.5, 0.6) is 11.5 Å². The molecule has 0 aliphatic heterocycles. The first-order valence-electron chi connectivity index (χ1n) is 21.5. The van der Waals surface area contributed by atoms with Crippen LogP contribution in [0.15, 0.2) is 12.1 Å². The minimum absolute atomic E-state index is 0.211. The predicted molar refractivity (Wildman–Crippen MR) is 212 cm³/mol. The Bertz CT molecular complexity index is 791. The average Bonchev–Trinajstić information content (AvgIpc) is 3.12. The molecule has 1 aromatic carbocycles. The smallest absolute Gasteiger partial charge is 0.123 e. The van der Waals surface area contributed by atoms with Gasteiger partial charge in [-0.2, -0.15) is 0 Å². The molecule has 0 saturated carbocycles. The highest BCUT2D eigenvalue weighted by molar-refractivity contribution is 5.47. The monoisotopic (exact) mass is 707 g/mol. The first-order chi connectivity index (χ1) is 24.5. The molecule has 1 rings (SSSR count). The fraction of sp³-hybridized carbons (Fsp3) is 0.864. The highest BCUT2D eigenvalue weighted by atomic mass is 16.5. The lowest BCUT2D eigenvalue weighted by molar-refractivity contribution is 0.0103. The van der Waals surface area contributed by atoms with E-state index in [1.807, 2.05) is 0 Å². The zero-order valence-electron chi connectivity index (χ0n) is 33.5. The summed E-state index contributed by atoms with van der Waals surface area (Å²) in [5.74, 6) is 1.71. The average molecular weight is 707 g/mol. The van der Waals surface area contributed by atoms with E-state index in [1.165, 1.54) is 116 Å². The van der Waals surface area contributed by atoms with Gasteiger partial charge in [0.2, 0.25) is 0 Å². The molecule has 0 amide bonds. The van der Waals surface area contributed by atoms with Crippen molar-refractivity contribution in [2.24, 2.45) is 0 Å². The predicted octanol–water partition coefficient (Wildman–Crippen LogP) is 11.7. The molecule has 0 aromatic heterocycles. The summed E-state index contributed by atoms with van der Waals surface area (Å²) in [6, 6.07) is 4.31. The maximum atomic E-state index is 10.6. The van der Waals surface area contributed by atoms with Crippen LogP contribution in [0, 0.1) is 0 Å². The molecule has 2 N–H and O–H groups in total. The molecule has 294 valence electrons. The fourth-order valence-electron chi connectivity index (χ4n) is 6.31. The largest absolute Gasteiger partial charge is 0.491 e. The molecular formula is C44H82O6. The maximum absolute atomic E-state index is 10.6. The lowest BCUT2D eigenvalue weighted by Crippen LogP contribution is -2.25. The second-order valence-electron chi connectivity index (χ2n) is 14.7. The van der Waals surface area contributed by atoms with Crippen molar-refractivity contribution in [2.75, 3.05) is 39.6 Å². The van der Waals surface area contributed by atoms with E-state index in [9.17, 15) is 10.2 Å². The second kappa shape index (κ2) is 34.7. The Labute approximate surface area is 309 Å². The van der Waals surface area contributed by atoms with E-state index >= 15 is 0 Å². The number of hydrogen-bond acceptors (Lipinski definition) is 6. The van der Waals surface area contributed by atoms with Crippen LogP contribution in [-0.4, -0.2) is 62.1 Å². The van der Waals surface area contributed by atoms with Crippen molar-refractivity contribution in [1.82, 2.24) is 0 Å². The molecule has 50 heavy (non-hydrogen) atoms. The molecule has 0 bridgehead atoms. The van der Waals surface area contributed by atoms with Gasteiger partial charge < -0.3 is 29.2 Å². The molecular weight excluding hydrogens is 624 g/mol. The third kappa shape index (κ3) is 26.4. The molecule has 0 saturated heterocycles. The normalized spacial score (nSPS) is 12.8. The number of hydrogen-bond donors (Lipinski definition) is 2. The van der Waals surface area contributed by atoms with Crippen LogP contribution in [0.4, 0.5) is 0 Å². The lowest BCUT2D eigenvalue weighted by Gasteiger charge is -2.20. The van der Waals surface area contributed by atoms with Crippen LogP contribution in [-0.2, 0) is 22.3 Å². The van der Waals surface area contributed by atoms with Crippen LogP contribution in [0.3, 0.4) is 0 Å². The van der Waals surface area contributed by atoms with Crippen molar-refractivity contribution in [3.63, 3.8) is 0 Å². The standard InChI is InChI=1S/C44H82O6/c1-5-9-13-15-17-19-21-23-25-27-29-39-33-44(50-38-42(46)36-48-32-12-8-4)40(30-28-26-24-22-20-18-16-14-10-6-2)34-43(39)49-37-41(45)35-47-31-11-7-3/h33-34,41-42,45-46H,5-32,35-38H2,1-4H3. The van der Waals surface area contributed by atoms with Gasteiger partial charge in [-0.25, -0.2) is 0 Å². The minimum atomic E-state index is -0.666. The fourth-order valence-corrected chi connectivity index (χ4v) is 6.31. The number of ether oxygens (including phenoxy) is 4. The third-order valence-electron chi connectivity index (χ3n) is 9.61. The summed E-state index contributed by atoms with van der Waals surface area (Å²) < 4.78 is 24.0. The zero-order chi connectivity index (χ0) is 36.3. The molecule has 0 fully saturated rings. The van der Waals surface area contributed by atoms with E-state index in [4.69, 9.17) is 18.9 Å².